The molecule has 0 amide bonds. The molecule has 0 fully saturated rings. The molecule has 0 spiro atoms. The Bertz CT molecular complexity index is 266. The van der Waals surface area contributed by atoms with E-state index in [1.807, 2.05) is 0 Å². The molecular formula is C10H15F3O4. The Morgan fingerprint density at radius 3 is 1.88 bits per heavy atom. The minimum absolute atomic E-state index is 0.117. The van der Waals surface area contributed by atoms with E-state index in [4.69, 9.17) is 0 Å². The average Bonchev–Trinajstić information content (AvgIpc) is 2.17. The SMILES string of the molecule is C=C(C)C(=O)OC(F)C(F)F.CCOC(C)=O. The Balaban J connectivity index is 0. The van der Waals surface area contributed by atoms with Crippen LogP contribution in [0.1, 0.15) is 20.8 Å². The van der Waals surface area contributed by atoms with Crippen LogP contribution in [0.25, 0.3) is 0 Å². The second kappa shape index (κ2) is 9.68. The van der Waals surface area contributed by atoms with Crippen molar-refractivity contribution >= 4 is 11.9 Å². The van der Waals surface area contributed by atoms with E-state index >= 15 is 0 Å². The van der Waals surface area contributed by atoms with Gasteiger partial charge in [0.05, 0.1) is 6.61 Å². The number of hydrogen-bond acceptors (Lipinski definition) is 4. The average molecular weight is 256 g/mol. The molecule has 17 heavy (non-hydrogen) atoms. The van der Waals surface area contributed by atoms with Gasteiger partial charge < -0.3 is 9.47 Å². The van der Waals surface area contributed by atoms with Crippen LogP contribution in [0.3, 0.4) is 0 Å². The second-order valence-electron chi connectivity index (χ2n) is 2.80. The maximum Gasteiger partial charge on any atom is 0.335 e. The minimum atomic E-state index is -3.31. The summed E-state index contributed by atoms with van der Waals surface area (Å²) in [5.74, 6) is -1.37. The van der Waals surface area contributed by atoms with E-state index in [0.29, 0.717) is 6.61 Å². The predicted molar refractivity (Wildman–Crippen MR) is 54.1 cm³/mol. The van der Waals surface area contributed by atoms with Gasteiger partial charge in [-0.25, -0.2) is 13.6 Å². The van der Waals surface area contributed by atoms with Crippen molar-refractivity contribution in [1.82, 2.24) is 0 Å². The zero-order chi connectivity index (χ0) is 14.0. The van der Waals surface area contributed by atoms with Gasteiger partial charge in [0.25, 0.3) is 0 Å². The van der Waals surface area contributed by atoms with E-state index in [1.165, 1.54) is 13.8 Å². The molecule has 7 heteroatoms. The number of alkyl halides is 3. The van der Waals surface area contributed by atoms with Crippen LogP contribution in [0.15, 0.2) is 12.2 Å². The number of hydrogen-bond donors (Lipinski definition) is 0. The summed E-state index contributed by atoms with van der Waals surface area (Å²) >= 11 is 0. The number of rotatable bonds is 4. The molecule has 0 aromatic rings. The van der Waals surface area contributed by atoms with Gasteiger partial charge in [-0.15, -0.1) is 0 Å². The van der Waals surface area contributed by atoms with Crippen LogP contribution in [0.4, 0.5) is 13.2 Å². The molecule has 0 bridgehead atoms. The monoisotopic (exact) mass is 256 g/mol. The summed E-state index contributed by atoms with van der Waals surface area (Å²) in [4.78, 5) is 20.2. The third kappa shape index (κ3) is 12.4. The van der Waals surface area contributed by atoms with E-state index in [1.54, 1.807) is 6.92 Å². The fraction of sp³-hybridized carbons (Fsp3) is 0.600. The second-order valence-corrected chi connectivity index (χ2v) is 2.80. The summed E-state index contributed by atoms with van der Waals surface area (Å²) in [6, 6.07) is 0. The van der Waals surface area contributed by atoms with Crippen molar-refractivity contribution < 1.29 is 32.2 Å². The molecule has 0 aromatic heterocycles. The summed E-state index contributed by atoms with van der Waals surface area (Å²) in [6.07, 6.45) is -6.17. The first-order valence-electron chi connectivity index (χ1n) is 4.64. The molecule has 0 N–H and O–H groups in total. The Labute approximate surface area is 97.4 Å². The Hall–Kier alpha value is -1.53. The number of esters is 2. The molecule has 0 aliphatic heterocycles. The summed E-state index contributed by atoms with van der Waals surface area (Å²) in [6.45, 7) is 7.97. The first kappa shape index (κ1) is 17.9. The number of carbonyl (C=O) groups is 2. The highest BCUT2D eigenvalue weighted by molar-refractivity contribution is 5.87. The summed E-state index contributed by atoms with van der Waals surface area (Å²) in [5, 5.41) is 0. The molecule has 0 rings (SSSR count). The highest BCUT2D eigenvalue weighted by atomic mass is 19.3. The molecule has 0 saturated carbocycles. The first-order valence-corrected chi connectivity index (χ1v) is 4.64. The maximum atomic E-state index is 11.9. The van der Waals surface area contributed by atoms with Gasteiger partial charge in [0, 0.05) is 12.5 Å². The van der Waals surface area contributed by atoms with Crippen molar-refractivity contribution in [3.05, 3.63) is 12.2 Å². The van der Waals surface area contributed by atoms with Crippen LogP contribution in [0.2, 0.25) is 0 Å². The van der Waals surface area contributed by atoms with Gasteiger partial charge in [-0.1, -0.05) is 6.58 Å². The lowest BCUT2D eigenvalue weighted by molar-refractivity contribution is -0.169. The first-order chi connectivity index (χ1) is 7.72. The van der Waals surface area contributed by atoms with E-state index in [9.17, 15) is 22.8 Å². The fourth-order valence-corrected chi connectivity index (χ4v) is 0.458. The summed E-state index contributed by atoms with van der Waals surface area (Å²) in [5.41, 5.74) is -0.117. The standard InChI is InChI=1S/C6H7F3O2.C4H8O2/c1-3(2)6(10)11-5(9)4(7)8;1-3-6-4(2)5/h4-5H,1H2,2H3;3H2,1-2H3. The Morgan fingerprint density at radius 1 is 1.24 bits per heavy atom. The summed E-state index contributed by atoms with van der Waals surface area (Å²) in [7, 11) is 0. The highest BCUT2D eigenvalue weighted by Crippen LogP contribution is 2.08. The minimum Gasteiger partial charge on any atom is -0.466 e. The Morgan fingerprint density at radius 2 is 1.71 bits per heavy atom. The summed E-state index contributed by atoms with van der Waals surface area (Å²) < 4.78 is 42.7. The molecule has 100 valence electrons. The van der Waals surface area contributed by atoms with Gasteiger partial charge in [-0.2, -0.15) is 4.39 Å². The fourth-order valence-electron chi connectivity index (χ4n) is 0.458. The van der Waals surface area contributed by atoms with E-state index in [0.717, 1.165) is 0 Å². The van der Waals surface area contributed by atoms with Crippen LogP contribution in [-0.4, -0.2) is 31.3 Å². The van der Waals surface area contributed by atoms with Crippen molar-refractivity contribution in [2.45, 2.75) is 33.6 Å². The van der Waals surface area contributed by atoms with Crippen LogP contribution in [-0.2, 0) is 19.1 Å². The molecule has 0 saturated heterocycles. The lowest BCUT2D eigenvalue weighted by atomic mass is 10.4. The van der Waals surface area contributed by atoms with Gasteiger partial charge in [0.2, 0.25) is 0 Å². The van der Waals surface area contributed by atoms with Gasteiger partial charge in [0.15, 0.2) is 0 Å². The van der Waals surface area contributed by atoms with Crippen molar-refractivity contribution in [1.29, 1.82) is 0 Å². The van der Waals surface area contributed by atoms with E-state index in [2.05, 4.69) is 16.1 Å². The Kier molecular flexibility index (Phi) is 10.2. The zero-order valence-electron chi connectivity index (χ0n) is 9.84. The van der Waals surface area contributed by atoms with Crippen molar-refractivity contribution in [2.24, 2.45) is 0 Å². The lowest BCUT2D eigenvalue weighted by Gasteiger charge is -2.07. The van der Waals surface area contributed by atoms with Crippen molar-refractivity contribution in [3.63, 3.8) is 0 Å². The maximum absolute atomic E-state index is 11.9. The molecule has 0 aromatic carbocycles. The van der Waals surface area contributed by atoms with E-state index < -0.39 is 18.8 Å². The number of halogens is 3. The van der Waals surface area contributed by atoms with Gasteiger partial charge in [-0.3, -0.25) is 4.79 Å². The van der Waals surface area contributed by atoms with Crippen molar-refractivity contribution in [2.75, 3.05) is 6.61 Å². The highest BCUT2D eigenvalue weighted by Gasteiger charge is 2.23. The molecule has 4 nitrogen and oxygen atoms in total. The van der Waals surface area contributed by atoms with Crippen molar-refractivity contribution in [3.8, 4) is 0 Å². The van der Waals surface area contributed by atoms with Gasteiger partial charge in [-0.05, 0) is 13.8 Å². The molecule has 0 radical (unpaired) electrons. The molecule has 0 heterocycles. The predicted octanol–water partition coefficient (Wildman–Crippen LogP) is 2.24. The molecular weight excluding hydrogens is 241 g/mol. The molecule has 1 unspecified atom stereocenters. The third-order valence-electron chi connectivity index (χ3n) is 1.11. The quantitative estimate of drug-likeness (QED) is 0.571. The normalized spacial score (nSPS) is 11.0. The van der Waals surface area contributed by atoms with Crippen LogP contribution >= 0.6 is 0 Å². The van der Waals surface area contributed by atoms with E-state index in [-0.39, 0.29) is 11.5 Å². The molecule has 1 atom stereocenters. The van der Waals surface area contributed by atoms with Crippen LogP contribution < -0.4 is 0 Å². The third-order valence-corrected chi connectivity index (χ3v) is 1.11. The largest absolute Gasteiger partial charge is 0.466 e. The smallest absolute Gasteiger partial charge is 0.335 e. The van der Waals surface area contributed by atoms with Gasteiger partial charge >= 0.3 is 24.7 Å². The van der Waals surface area contributed by atoms with Gasteiger partial charge in [0.1, 0.15) is 0 Å². The topological polar surface area (TPSA) is 52.6 Å². The lowest BCUT2D eigenvalue weighted by Crippen LogP contribution is -2.20. The van der Waals surface area contributed by atoms with Crippen LogP contribution in [0, 0.1) is 0 Å². The number of ether oxygens (including phenoxy) is 2. The number of carbonyl (C=O) groups excluding carboxylic acids is 2. The van der Waals surface area contributed by atoms with Crippen LogP contribution in [0.5, 0.6) is 0 Å². The molecule has 0 aliphatic rings. The zero-order valence-corrected chi connectivity index (χ0v) is 9.84. The molecule has 0 aliphatic carbocycles.